The molecule has 1 N–H and O–H groups in total. The third-order valence-electron chi connectivity index (χ3n) is 3.47. The maximum absolute atomic E-state index is 10.7. The Morgan fingerprint density at radius 3 is 2.72 bits per heavy atom. The predicted octanol–water partition coefficient (Wildman–Crippen LogP) is 3.86. The van der Waals surface area contributed by atoms with Crippen molar-refractivity contribution < 1.29 is 19.2 Å². The van der Waals surface area contributed by atoms with Gasteiger partial charge in [0.15, 0.2) is 12.4 Å². The van der Waals surface area contributed by atoms with Crippen LogP contribution in [0.1, 0.15) is 17.0 Å². The molecular formula is C18H15BrN2O4. The maximum atomic E-state index is 10.7. The van der Waals surface area contributed by atoms with Crippen LogP contribution in [0.3, 0.4) is 0 Å². The van der Waals surface area contributed by atoms with Crippen LogP contribution in [0.5, 0.6) is 5.75 Å². The van der Waals surface area contributed by atoms with E-state index in [2.05, 4.69) is 26.1 Å². The molecule has 3 aromatic rings. The van der Waals surface area contributed by atoms with Gasteiger partial charge in [-0.2, -0.15) is 4.98 Å². The summed E-state index contributed by atoms with van der Waals surface area (Å²) >= 11 is 3.38. The summed E-state index contributed by atoms with van der Waals surface area (Å²) in [6.45, 7) is 1.58. The molecule has 3 rings (SSSR count). The molecule has 0 aliphatic heterocycles. The van der Waals surface area contributed by atoms with Crippen LogP contribution < -0.4 is 4.74 Å². The van der Waals surface area contributed by atoms with Crippen molar-refractivity contribution in [2.45, 2.75) is 13.3 Å². The molecule has 2 aromatic carbocycles. The van der Waals surface area contributed by atoms with E-state index in [1.54, 1.807) is 18.2 Å². The first kappa shape index (κ1) is 17.2. The van der Waals surface area contributed by atoms with E-state index in [1.165, 1.54) is 5.56 Å². The summed E-state index contributed by atoms with van der Waals surface area (Å²) in [5.74, 6) is 0.141. The number of rotatable bonds is 6. The summed E-state index contributed by atoms with van der Waals surface area (Å²) in [5, 5.41) is 12.8. The smallest absolute Gasteiger partial charge is 0.341 e. The number of ether oxygens (including phenoxy) is 1. The van der Waals surface area contributed by atoms with Crippen molar-refractivity contribution >= 4 is 21.9 Å². The molecule has 0 amide bonds. The number of hydrogen-bond donors (Lipinski definition) is 1. The molecule has 0 fully saturated rings. The van der Waals surface area contributed by atoms with Crippen molar-refractivity contribution in [1.29, 1.82) is 0 Å². The van der Waals surface area contributed by atoms with Gasteiger partial charge in [0, 0.05) is 10.9 Å². The van der Waals surface area contributed by atoms with Crippen LogP contribution in [-0.4, -0.2) is 27.8 Å². The molecule has 1 aromatic heterocycles. The fourth-order valence-electron chi connectivity index (χ4n) is 2.26. The lowest BCUT2D eigenvalue weighted by Gasteiger charge is -2.07. The zero-order chi connectivity index (χ0) is 17.8. The second-order valence-electron chi connectivity index (χ2n) is 5.50. The van der Waals surface area contributed by atoms with E-state index >= 15 is 0 Å². The van der Waals surface area contributed by atoms with Gasteiger partial charge in [-0.1, -0.05) is 50.9 Å². The van der Waals surface area contributed by atoms with Gasteiger partial charge in [0.2, 0.25) is 0 Å². The molecule has 128 valence electrons. The fourth-order valence-corrected chi connectivity index (χ4v) is 2.62. The highest BCUT2D eigenvalue weighted by atomic mass is 79.9. The molecular weight excluding hydrogens is 388 g/mol. The van der Waals surface area contributed by atoms with Crippen molar-refractivity contribution in [2.24, 2.45) is 0 Å². The lowest BCUT2D eigenvalue weighted by Crippen LogP contribution is -2.10. The predicted molar refractivity (Wildman–Crippen MR) is 94.5 cm³/mol. The Morgan fingerprint density at radius 1 is 1.24 bits per heavy atom. The third kappa shape index (κ3) is 4.45. The zero-order valence-electron chi connectivity index (χ0n) is 13.4. The monoisotopic (exact) mass is 402 g/mol. The second kappa shape index (κ2) is 7.48. The van der Waals surface area contributed by atoms with Crippen molar-refractivity contribution in [2.75, 3.05) is 6.61 Å². The molecule has 0 radical (unpaired) electrons. The van der Waals surface area contributed by atoms with Gasteiger partial charge in [0.25, 0.3) is 5.89 Å². The minimum atomic E-state index is -1.06. The van der Waals surface area contributed by atoms with Gasteiger partial charge >= 0.3 is 5.97 Å². The van der Waals surface area contributed by atoms with E-state index in [1.807, 2.05) is 31.2 Å². The van der Waals surface area contributed by atoms with Gasteiger partial charge in [-0.3, -0.25) is 0 Å². The Labute approximate surface area is 152 Å². The molecule has 0 atom stereocenters. The first-order valence-corrected chi connectivity index (χ1v) is 8.33. The number of benzene rings is 2. The van der Waals surface area contributed by atoms with Crippen LogP contribution in [0.2, 0.25) is 0 Å². The van der Waals surface area contributed by atoms with Crippen LogP contribution in [0.25, 0.3) is 11.5 Å². The highest BCUT2D eigenvalue weighted by Crippen LogP contribution is 2.32. The Kier molecular flexibility index (Phi) is 5.14. The van der Waals surface area contributed by atoms with Crippen molar-refractivity contribution in [3.63, 3.8) is 0 Å². The molecule has 0 spiro atoms. The van der Waals surface area contributed by atoms with Crippen LogP contribution >= 0.6 is 15.9 Å². The summed E-state index contributed by atoms with van der Waals surface area (Å²) in [6.07, 6.45) is 0.545. The summed E-state index contributed by atoms with van der Waals surface area (Å²) in [4.78, 5) is 15.1. The van der Waals surface area contributed by atoms with Crippen molar-refractivity contribution in [3.8, 4) is 17.2 Å². The molecule has 1 heterocycles. The van der Waals surface area contributed by atoms with E-state index < -0.39 is 12.6 Å². The van der Waals surface area contributed by atoms with E-state index in [0.717, 1.165) is 10.0 Å². The zero-order valence-corrected chi connectivity index (χ0v) is 15.0. The molecule has 0 saturated heterocycles. The summed E-state index contributed by atoms with van der Waals surface area (Å²) < 4.78 is 11.4. The summed E-state index contributed by atoms with van der Waals surface area (Å²) in [7, 11) is 0. The Morgan fingerprint density at radius 2 is 2.00 bits per heavy atom. The lowest BCUT2D eigenvalue weighted by atomic mass is 10.1. The molecule has 0 unspecified atom stereocenters. The van der Waals surface area contributed by atoms with Gasteiger partial charge in [0.1, 0.15) is 5.75 Å². The third-order valence-corrected chi connectivity index (χ3v) is 3.97. The minimum Gasteiger partial charge on any atom is -0.481 e. The van der Waals surface area contributed by atoms with E-state index in [-0.39, 0.29) is 5.89 Å². The summed E-state index contributed by atoms with van der Waals surface area (Å²) in [6, 6.07) is 13.3. The number of aryl methyl sites for hydroxylation is 1. The average molecular weight is 403 g/mol. The molecule has 0 aliphatic rings. The molecule has 0 saturated carbocycles. The lowest BCUT2D eigenvalue weighted by molar-refractivity contribution is -0.139. The standard InChI is InChI=1S/C18H15BrN2O4/c1-11-2-4-12(5-3-11)8-16-20-18(25-21-16)14-9-13(19)6-7-15(14)24-10-17(22)23/h2-7,9H,8,10H2,1H3,(H,22,23). The Bertz CT molecular complexity index is 890. The second-order valence-corrected chi connectivity index (χ2v) is 6.42. The van der Waals surface area contributed by atoms with Crippen LogP contribution in [0.4, 0.5) is 0 Å². The molecule has 7 heteroatoms. The molecule has 6 nitrogen and oxygen atoms in total. The van der Waals surface area contributed by atoms with Gasteiger partial charge in [-0.25, -0.2) is 4.79 Å². The van der Waals surface area contributed by atoms with Gasteiger partial charge in [-0.15, -0.1) is 0 Å². The van der Waals surface area contributed by atoms with Crippen molar-refractivity contribution in [1.82, 2.24) is 10.1 Å². The maximum Gasteiger partial charge on any atom is 0.341 e. The van der Waals surface area contributed by atoms with Gasteiger partial charge in [0.05, 0.1) is 5.56 Å². The highest BCUT2D eigenvalue weighted by Gasteiger charge is 2.16. The number of aromatic nitrogens is 2. The minimum absolute atomic E-state index is 0.281. The highest BCUT2D eigenvalue weighted by molar-refractivity contribution is 9.10. The quantitative estimate of drug-likeness (QED) is 0.673. The number of aliphatic carboxylic acids is 1. The van der Waals surface area contributed by atoms with E-state index in [9.17, 15) is 4.79 Å². The number of carbonyl (C=O) groups is 1. The number of carboxylic acids is 1. The molecule has 25 heavy (non-hydrogen) atoms. The van der Waals surface area contributed by atoms with Gasteiger partial charge in [-0.05, 0) is 30.7 Å². The van der Waals surface area contributed by atoms with E-state index in [4.69, 9.17) is 14.4 Å². The normalized spacial score (nSPS) is 10.6. The molecule has 0 bridgehead atoms. The van der Waals surface area contributed by atoms with Crippen molar-refractivity contribution in [3.05, 3.63) is 63.9 Å². The first-order chi connectivity index (χ1) is 12.0. The topological polar surface area (TPSA) is 85.5 Å². The largest absolute Gasteiger partial charge is 0.481 e. The number of carboxylic acid groups (broad SMARTS) is 1. The Balaban J connectivity index is 1.84. The summed E-state index contributed by atoms with van der Waals surface area (Å²) in [5.41, 5.74) is 2.81. The van der Waals surface area contributed by atoms with Crippen LogP contribution in [0.15, 0.2) is 51.5 Å². The average Bonchev–Trinajstić information content (AvgIpc) is 3.04. The SMILES string of the molecule is Cc1ccc(Cc2noc(-c3cc(Br)ccc3OCC(=O)O)n2)cc1. The van der Waals surface area contributed by atoms with Crippen LogP contribution in [0, 0.1) is 6.92 Å². The number of hydrogen-bond acceptors (Lipinski definition) is 5. The Hall–Kier alpha value is -2.67. The molecule has 0 aliphatic carbocycles. The van der Waals surface area contributed by atoms with Crippen LogP contribution in [-0.2, 0) is 11.2 Å². The number of nitrogens with zero attached hydrogens (tertiary/aromatic N) is 2. The fraction of sp³-hybridized carbons (Fsp3) is 0.167. The first-order valence-electron chi connectivity index (χ1n) is 7.54. The van der Waals surface area contributed by atoms with E-state index in [0.29, 0.717) is 23.6 Å². The van der Waals surface area contributed by atoms with Gasteiger partial charge < -0.3 is 14.4 Å². The number of halogens is 1.